The summed E-state index contributed by atoms with van der Waals surface area (Å²) in [6.45, 7) is 8.53. The molecule has 0 unspecified atom stereocenters. The van der Waals surface area contributed by atoms with Crippen LogP contribution in [0.3, 0.4) is 0 Å². The van der Waals surface area contributed by atoms with Gasteiger partial charge in [0.15, 0.2) is 0 Å². The van der Waals surface area contributed by atoms with Gasteiger partial charge < -0.3 is 9.64 Å². The number of fused-ring (bicyclic) bond motifs is 1. The molecule has 0 saturated carbocycles. The molecule has 0 bridgehead atoms. The molecule has 184 valence electrons. The van der Waals surface area contributed by atoms with Crippen molar-refractivity contribution in [3.8, 4) is 0 Å². The van der Waals surface area contributed by atoms with Crippen molar-refractivity contribution in [2.75, 3.05) is 29.3 Å². The molecular formula is C25H29F3N2O3S. The zero-order valence-electron chi connectivity index (χ0n) is 19.9. The van der Waals surface area contributed by atoms with Crippen LogP contribution in [0.25, 0.3) is 5.57 Å². The summed E-state index contributed by atoms with van der Waals surface area (Å²) in [6.07, 6.45) is -1.95. The molecule has 0 N–H and O–H groups in total. The molecule has 4 rings (SSSR count). The first-order valence-electron chi connectivity index (χ1n) is 11.1. The number of hydrogen-bond acceptors (Lipinski definition) is 4. The molecule has 2 aliphatic heterocycles. The topological polar surface area (TPSA) is 49.9 Å². The van der Waals surface area contributed by atoms with E-state index in [1.54, 1.807) is 0 Å². The van der Waals surface area contributed by atoms with Crippen molar-refractivity contribution >= 4 is 27.0 Å². The molecule has 0 aliphatic carbocycles. The van der Waals surface area contributed by atoms with Crippen molar-refractivity contribution in [3.05, 3.63) is 59.7 Å². The third kappa shape index (κ3) is 4.68. The van der Waals surface area contributed by atoms with Gasteiger partial charge in [-0.1, -0.05) is 12.1 Å². The smallest absolute Gasteiger partial charge is 0.371 e. The fraction of sp³-hybridized carbons (Fsp3) is 0.440. The SMILES string of the molecule is CN1CCN(S(=O)(=O)c2cccc(C(F)(F)F)c2)c2cc(C3=CC(C)(C)OC(C)(C)C3)ccc21. The highest BCUT2D eigenvalue weighted by atomic mass is 32.2. The van der Waals surface area contributed by atoms with Gasteiger partial charge in [0.25, 0.3) is 10.0 Å². The van der Waals surface area contributed by atoms with Gasteiger partial charge in [0, 0.05) is 20.0 Å². The molecule has 0 atom stereocenters. The summed E-state index contributed by atoms with van der Waals surface area (Å²) in [5, 5.41) is 0. The standard InChI is InChI=1S/C25H29F3N2O3S/c1-23(2)15-18(16-24(3,4)33-23)17-9-10-21-22(13-17)30(12-11-29(21)5)34(31,32)20-8-6-7-19(14-20)25(26,27)28/h6-10,13-15H,11-12,16H2,1-5H3. The number of rotatable bonds is 3. The lowest BCUT2D eigenvalue weighted by molar-refractivity contribution is -0.137. The summed E-state index contributed by atoms with van der Waals surface area (Å²) in [7, 11) is -2.34. The van der Waals surface area contributed by atoms with E-state index in [1.165, 1.54) is 10.4 Å². The van der Waals surface area contributed by atoms with Crippen LogP contribution in [0.5, 0.6) is 0 Å². The van der Waals surface area contributed by atoms with Crippen molar-refractivity contribution in [1.29, 1.82) is 0 Å². The van der Waals surface area contributed by atoms with Crippen LogP contribution >= 0.6 is 0 Å². The van der Waals surface area contributed by atoms with Gasteiger partial charge >= 0.3 is 6.18 Å². The minimum absolute atomic E-state index is 0.130. The van der Waals surface area contributed by atoms with Gasteiger partial charge in [0.1, 0.15) is 0 Å². The fourth-order valence-electron chi connectivity index (χ4n) is 4.83. The van der Waals surface area contributed by atoms with Crippen LogP contribution in [0.2, 0.25) is 0 Å². The lowest BCUT2D eigenvalue weighted by Gasteiger charge is -2.41. The highest BCUT2D eigenvalue weighted by Crippen LogP contribution is 2.43. The quantitative estimate of drug-likeness (QED) is 0.548. The first kappa shape index (κ1) is 24.6. The molecule has 0 fully saturated rings. The summed E-state index contributed by atoms with van der Waals surface area (Å²) >= 11 is 0. The summed E-state index contributed by atoms with van der Waals surface area (Å²) in [5.41, 5.74) is 1.17. The number of nitrogens with zero attached hydrogens (tertiary/aromatic N) is 2. The molecule has 0 saturated heterocycles. The number of sulfonamides is 1. The maximum Gasteiger partial charge on any atom is 0.416 e. The second kappa shape index (κ2) is 8.02. The molecule has 2 aromatic carbocycles. The van der Waals surface area contributed by atoms with Crippen molar-refractivity contribution in [1.82, 2.24) is 0 Å². The monoisotopic (exact) mass is 494 g/mol. The van der Waals surface area contributed by atoms with Gasteiger partial charge in [0.2, 0.25) is 0 Å². The lowest BCUT2D eigenvalue weighted by atomic mass is 9.85. The van der Waals surface area contributed by atoms with Crippen LogP contribution in [0.15, 0.2) is 53.4 Å². The minimum Gasteiger partial charge on any atom is -0.371 e. The number of halogens is 3. The highest BCUT2D eigenvalue weighted by Gasteiger charge is 2.37. The first-order valence-corrected chi connectivity index (χ1v) is 12.5. The Labute approximate surface area is 198 Å². The molecule has 2 aliphatic rings. The predicted molar refractivity (Wildman–Crippen MR) is 128 cm³/mol. The average Bonchev–Trinajstić information content (AvgIpc) is 2.71. The molecule has 0 spiro atoms. The van der Waals surface area contributed by atoms with E-state index >= 15 is 0 Å². The lowest BCUT2D eigenvalue weighted by Crippen LogP contribution is -2.43. The second-order valence-corrected chi connectivity index (χ2v) is 11.9. The Morgan fingerprint density at radius 2 is 1.68 bits per heavy atom. The average molecular weight is 495 g/mol. The highest BCUT2D eigenvalue weighted by molar-refractivity contribution is 7.92. The van der Waals surface area contributed by atoms with E-state index in [4.69, 9.17) is 4.74 Å². The number of likely N-dealkylation sites (N-methyl/N-ethyl adjacent to an activating group) is 1. The van der Waals surface area contributed by atoms with Gasteiger partial charge in [-0.15, -0.1) is 0 Å². The van der Waals surface area contributed by atoms with E-state index in [9.17, 15) is 21.6 Å². The van der Waals surface area contributed by atoms with Crippen LogP contribution < -0.4 is 9.21 Å². The molecule has 0 radical (unpaired) electrons. The Bertz CT molecular complexity index is 1250. The normalized spacial score (nSPS) is 20.1. The zero-order chi connectivity index (χ0) is 25.1. The van der Waals surface area contributed by atoms with E-state index in [2.05, 4.69) is 0 Å². The molecule has 2 aromatic rings. The minimum atomic E-state index is -4.63. The van der Waals surface area contributed by atoms with E-state index in [0.29, 0.717) is 30.4 Å². The first-order chi connectivity index (χ1) is 15.6. The number of anilines is 2. The fourth-order valence-corrected chi connectivity index (χ4v) is 6.34. The Morgan fingerprint density at radius 3 is 2.32 bits per heavy atom. The van der Waals surface area contributed by atoms with Crippen molar-refractivity contribution in [2.45, 2.75) is 56.4 Å². The maximum atomic E-state index is 13.5. The predicted octanol–water partition coefficient (Wildman–Crippen LogP) is 5.71. The summed E-state index contributed by atoms with van der Waals surface area (Å²) in [6, 6.07) is 9.55. The molecule has 34 heavy (non-hydrogen) atoms. The number of benzene rings is 2. The third-order valence-electron chi connectivity index (χ3n) is 6.09. The Hall–Kier alpha value is -2.52. The van der Waals surface area contributed by atoms with Crippen LogP contribution in [-0.2, 0) is 20.9 Å². The summed E-state index contributed by atoms with van der Waals surface area (Å²) in [4.78, 5) is 1.57. The van der Waals surface area contributed by atoms with Gasteiger partial charge in [-0.2, -0.15) is 13.2 Å². The maximum absolute atomic E-state index is 13.5. The second-order valence-electron chi connectivity index (χ2n) is 10.0. The van der Waals surface area contributed by atoms with Crippen molar-refractivity contribution < 1.29 is 26.3 Å². The van der Waals surface area contributed by atoms with Crippen LogP contribution in [0.1, 0.15) is 45.2 Å². The van der Waals surface area contributed by atoms with E-state index in [-0.39, 0.29) is 11.4 Å². The van der Waals surface area contributed by atoms with Gasteiger partial charge in [-0.05, 0) is 75.2 Å². The van der Waals surface area contributed by atoms with Crippen LogP contribution in [-0.4, -0.2) is 39.8 Å². The zero-order valence-corrected chi connectivity index (χ0v) is 20.7. The molecular weight excluding hydrogens is 465 g/mol. The van der Waals surface area contributed by atoms with E-state index in [0.717, 1.165) is 23.3 Å². The van der Waals surface area contributed by atoms with E-state index < -0.39 is 33.0 Å². The van der Waals surface area contributed by atoms with Crippen molar-refractivity contribution in [2.24, 2.45) is 0 Å². The van der Waals surface area contributed by atoms with Gasteiger partial charge in [0.05, 0.1) is 39.6 Å². The molecule has 9 heteroatoms. The van der Waals surface area contributed by atoms with E-state index in [1.807, 2.05) is 63.9 Å². The largest absolute Gasteiger partial charge is 0.416 e. The summed E-state index contributed by atoms with van der Waals surface area (Å²) < 4.78 is 74.1. The summed E-state index contributed by atoms with van der Waals surface area (Å²) in [5.74, 6) is 0. The van der Waals surface area contributed by atoms with Crippen LogP contribution in [0, 0.1) is 0 Å². The molecule has 0 amide bonds. The third-order valence-corrected chi connectivity index (χ3v) is 7.90. The number of ether oxygens (including phenoxy) is 1. The van der Waals surface area contributed by atoms with Crippen LogP contribution in [0.4, 0.5) is 24.5 Å². The molecule has 5 nitrogen and oxygen atoms in total. The molecule has 0 aromatic heterocycles. The van der Waals surface area contributed by atoms with Gasteiger partial charge in [-0.25, -0.2) is 8.42 Å². The number of alkyl halides is 3. The Kier molecular flexibility index (Phi) is 5.80. The Morgan fingerprint density at radius 1 is 0.971 bits per heavy atom. The van der Waals surface area contributed by atoms with Crippen molar-refractivity contribution in [3.63, 3.8) is 0 Å². The van der Waals surface area contributed by atoms with Gasteiger partial charge in [-0.3, -0.25) is 4.31 Å². The molecule has 2 heterocycles. The Balaban J connectivity index is 1.81. The number of hydrogen-bond donors (Lipinski definition) is 0.